The summed E-state index contributed by atoms with van der Waals surface area (Å²) >= 11 is 0. The summed E-state index contributed by atoms with van der Waals surface area (Å²) in [6.07, 6.45) is 3.22. The fraction of sp³-hybridized carbons (Fsp3) is 0.192. The third-order valence-corrected chi connectivity index (χ3v) is 4.69. The number of methoxy groups -OCH3 is 1. The number of rotatable bonds is 9. The second-order valence-corrected chi connectivity index (χ2v) is 6.91. The molecule has 0 aliphatic rings. The molecule has 1 amide bonds. The van der Waals surface area contributed by atoms with Crippen molar-refractivity contribution < 1.29 is 19.0 Å². The zero-order chi connectivity index (χ0) is 22.1. The Balaban J connectivity index is 1.61. The summed E-state index contributed by atoms with van der Waals surface area (Å²) in [5.41, 5.74) is 3.84. The molecule has 3 aromatic rings. The van der Waals surface area contributed by atoms with E-state index in [-0.39, 0.29) is 5.91 Å². The minimum atomic E-state index is -0.219. The average molecular weight is 418 g/mol. The second-order valence-electron chi connectivity index (χ2n) is 6.91. The number of anilines is 1. The molecule has 3 aromatic carbocycles. The van der Waals surface area contributed by atoms with Gasteiger partial charge < -0.3 is 19.5 Å². The third kappa shape index (κ3) is 6.37. The first-order chi connectivity index (χ1) is 15.1. The van der Waals surface area contributed by atoms with Gasteiger partial charge in [0.25, 0.3) is 0 Å². The monoisotopic (exact) mass is 417 g/mol. The summed E-state index contributed by atoms with van der Waals surface area (Å²) in [5.74, 6) is 1.82. The predicted octanol–water partition coefficient (Wildman–Crippen LogP) is 5.63. The van der Waals surface area contributed by atoms with Crippen molar-refractivity contribution in [2.24, 2.45) is 0 Å². The van der Waals surface area contributed by atoms with Crippen LogP contribution in [0.4, 0.5) is 5.69 Å². The number of benzene rings is 3. The van der Waals surface area contributed by atoms with Crippen molar-refractivity contribution in [3.05, 3.63) is 89.5 Å². The largest absolute Gasteiger partial charge is 0.494 e. The van der Waals surface area contributed by atoms with Gasteiger partial charge in [-0.15, -0.1) is 0 Å². The first-order valence-corrected chi connectivity index (χ1v) is 10.2. The standard InChI is InChI=1S/C26H27NO4/c1-4-30-23-13-11-22(12-14-23)27-26(28)16-10-20-9-15-24(25(17-20)29-3)31-18-21-8-6-5-7-19(21)2/h5-17H,4,18H2,1-3H3,(H,27,28). The van der Waals surface area contributed by atoms with Crippen molar-refractivity contribution in [3.8, 4) is 17.2 Å². The molecule has 0 spiro atoms. The highest BCUT2D eigenvalue weighted by Gasteiger charge is 2.07. The first kappa shape index (κ1) is 22.0. The maximum Gasteiger partial charge on any atom is 0.248 e. The summed E-state index contributed by atoms with van der Waals surface area (Å²) in [5, 5.41) is 2.83. The van der Waals surface area contributed by atoms with Crippen molar-refractivity contribution in [2.45, 2.75) is 20.5 Å². The Bertz CT molecular complexity index is 1040. The molecule has 5 nitrogen and oxygen atoms in total. The predicted molar refractivity (Wildman–Crippen MR) is 124 cm³/mol. The number of aryl methyl sites for hydroxylation is 1. The van der Waals surface area contributed by atoms with Gasteiger partial charge in [-0.05, 0) is 73.0 Å². The van der Waals surface area contributed by atoms with Gasteiger partial charge in [-0.3, -0.25) is 4.79 Å². The lowest BCUT2D eigenvalue weighted by molar-refractivity contribution is -0.111. The maximum absolute atomic E-state index is 12.2. The van der Waals surface area contributed by atoms with Crippen LogP contribution in [0.25, 0.3) is 6.08 Å². The van der Waals surface area contributed by atoms with E-state index in [9.17, 15) is 4.79 Å². The Morgan fingerprint density at radius 2 is 1.74 bits per heavy atom. The fourth-order valence-corrected chi connectivity index (χ4v) is 2.99. The summed E-state index contributed by atoms with van der Waals surface area (Å²) in [6, 6.07) is 20.9. The molecule has 0 radical (unpaired) electrons. The van der Waals surface area contributed by atoms with Gasteiger partial charge in [-0.25, -0.2) is 0 Å². The normalized spacial score (nSPS) is 10.7. The molecule has 0 fully saturated rings. The zero-order valence-corrected chi connectivity index (χ0v) is 18.1. The summed E-state index contributed by atoms with van der Waals surface area (Å²) in [7, 11) is 1.60. The van der Waals surface area contributed by atoms with E-state index in [1.54, 1.807) is 25.3 Å². The molecule has 160 valence electrons. The van der Waals surface area contributed by atoms with Crippen LogP contribution < -0.4 is 19.5 Å². The van der Waals surface area contributed by atoms with Crippen LogP contribution in [0.2, 0.25) is 0 Å². The molecule has 0 aliphatic carbocycles. The Morgan fingerprint density at radius 3 is 2.45 bits per heavy atom. The summed E-state index contributed by atoms with van der Waals surface area (Å²) in [6.45, 7) is 5.05. The Morgan fingerprint density at radius 1 is 0.968 bits per heavy atom. The maximum atomic E-state index is 12.2. The highest BCUT2D eigenvalue weighted by molar-refractivity contribution is 6.02. The Hall–Kier alpha value is -3.73. The van der Waals surface area contributed by atoms with Crippen LogP contribution in [0.15, 0.2) is 72.8 Å². The smallest absolute Gasteiger partial charge is 0.248 e. The van der Waals surface area contributed by atoms with Gasteiger partial charge >= 0.3 is 0 Å². The molecule has 0 heterocycles. The van der Waals surface area contributed by atoms with Crippen LogP contribution >= 0.6 is 0 Å². The molecule has 0 atom stereocenters. The molecule has 0 saturated heterocycles. The quantitative estimate of drug-likeness (QED) is 0.458. The van der Waals surface area contributed by atoms with Crippen LogP contribution in [-0.2, 0) is 11.4 Å². The van der Waals surface area contributed by atoms with E-state index >= 15 is 0 Å². The summed E-state index contributed by atoms with van der Waals surface area (Å²) in [4.78, 5) is 12.2. The van der Waals surface area contributed by atoms with Gasteiger partial charge in [0, 0.05) is 11.8 Å². The van der Waals surface area contributed by atoms with Crippen molar-refractivity contribution in [1.29, 1.82) is 0 Å². The fourth-order valence-electron chi connectivity index (χ4n) is 2.99. The SMILES string of the molecule is CCOc1ccc(NC(=O)C=Cc2ccc(OCc3ccccc3C)c(OC)c2)cc1. The van der Waals surface area contributed by atoms with Crippen molar-refractivity contribution >= 4 is 17.7 Å². The highest BCUT2D eigenvalue weighted by Crippen LogP contribution is 2.29. The van der Waals surface area contributed by atoms with E-state index in [1.807, 2.05) is 55.5 Å². The molecule has 3 rings (SSSR count). The van der Waals surface area contributed by atoms with E-state index in [2.05, 4.69) is 18.3 Å². The second kappa shape index (κ2) is 10.9. The van der Waals surface area contributed by atoms with Gasteiger partial charge in [0.05, 0.1) is 13.7 Å². The first-order valence-electron chi connectivity index (χ1n) is 10.2. The van der Waals surface area contributed by atoms with Gasteiger partial charge in [0.1, 0.15) is 12.4 Å². The van der Waals surface area contributed by atoms with E-state index < -0.39 is 0 Å². The molecule has 0 saturated carbocycles. The van der Waals surface area contributed by atoms with Crippen LogP contribution in [0, 0.1) is 6.92 Å². The number of hydrogen-bond donors (Lipinski definition) is 1. The van der Waals surface area contributed by atoms with Crippen LogP contribution in [0.1, 0.15) is 23.6 Å². The van der Waals surface area contributed by atoms with Gasteiger partial charge in [0.2, 0.25) is 5.91 Å². The topological polar surface area (TPSA) is 56.8 Å². The number of ether oxygens (including phenoxy) is 3. The highest BCUT2D eigenvalue weighted by atomic mass is 16.5. The van der Waals surface area contributed by atoms with Gasteiger partial charge in [-0.1, -0.05) is 30.3 Å². The number of amides is 1. The summed E-state index contributed by atoms with van der Waals surface area (Å²) < 4.78 is 16.8. The lowest BCUT2D eigenvalue weighted by Gasteiger charge is -2.12. The zero-order valence-electron chi connectivity index (χ0n) is 18.1. The number of carbonyl (C=O) groups excluding carboxylic acids is 1. The molecule has 5 heteroatoms. The molecule has 31 heavy (non-hydrogen) atoms. The average Bonchev–Trinajstić information content (AvgIpc) is 2.79. The van der Waals surface area contributed by atoms with E-state index in [0.29, 0.717) is 30.4 Å². The molecule has 0 unspecified atom stereocenters. The van der Waals surface area contributed by atoms with E-state index in [1.165, 1.54) is 11.6 Å². The van der Waals surface area contributed by atoms with Gasteiger partial charge in [0.15, 0.2) is 11.5 Å². The Labute approximate surface area is 183 Å². The molecule has 0 bridgehead atoms. The third-order valence-electron chi connectivity index (χ3n) is 4.69. The molecule has 1 N–H and O–H groups in total. The van der Waals surface area contributed by atoms with E-state index in [0.717, 1.165) is 16.9 Å². The molecular weight excluding hydrogens is 390 g/mol. The minimum Gasteiger partial charge on any atom is -0.494 e. The van der Waals surface area contributed by atoms with Crippen molar-refractivity contribution in [3.63, 3.8) is 0 Å². The number of hydrogen-bond acceptors (Lipinski definition) is 4. The lowest BCUT2D eigenvalue weighted by atomic mass is 10.1. The van der Waals surface area contributed by atoms with Crippen molar-refractivity contribution in [1.82, 2.24) is 0 Å². The lowest BCUT2D eigenvalue weighted by Crippen LogP contribution is -2.07. The minimum absolute atomic E-state index is 0.219. The van der Waals surface area contributed by atoms with E-state index in [4.69, 9.17) is 14.2 Å². The number of nitrogens with one attached hydrogen (secondary N) is 1. The van der Waals surface area contributed by atoms with Crippen LogP contribution in [0.3, 0.4) is 0 Å². The van der Waals surface area contributed by atoms with Crippen LogP contribution in [0.5, 0.6) is 17.2 Å². The van der Waals surface area contributed by atoms with Crippen LogP contribution in [-0.4, -0.2) is 19.6 Å². The van der Waals surface area contributed by atoms with Crippen molar-refractivity contribution in [2.75, 3.05) is 19.0 Å². The number of carbonyl (C=O) groups is 1. The molecule has 0 aromatic heterocycles. The Kier molecular flexibility index (Phi) is 7.71. The van der Waals surface area contributed by atoms with Gasteiger partial charge in [-0.2, -0.15) is 0 Å². The molecule has 0 aliphatic heterocycles. The molecular formula is C26H27NO4.